The Labute approximate surface area is 125 Å². The van der Waals surface area contributed by atoms with Crippen LogP contribution in [0.15, 0.2) is 22.7 Å². The number of benzene rings is 1. The van der Waals surface area contributed by atoms with Crippen LogP contribution in [-0.4, -0.2) is 37.2 Å². The van der Waals surface area contributed by atoms with E-state index in [0.29, 0.717) is 6.54 Å². The van der Waals surface area contributed by atoms with Crippen molar-refractivity contribution < 1.29 is 9.53 Å². The average Bonchev–Trinajstić information content (AvgIpc) is 2.93. The molecule has 6 heteroatoms. The summed E-state index contributed by atoms with van der Waals surface area (Å²) >= 11 is 5.19. The highest BCUT2D eigenvalue weighted by Gasteiger charge is 2.21. The number of halogens is 1. The fourth-order valence-corrected chi connectivity index (χ4v) is 3.30. The molecule has 0 aromatic heterocycles. The van der Waals surface area contributed by atoms with Gasteiger partial charge in [-0.2, -0.15) is 0 Å². The molecule has 0 saturated carbocycles. The van der Waals surface area contributed by atoms with E-state index in [2.05, 4.69) is 26.6 Å². The highest BCUT2D eigenvalue weighted by Crippen LogP contribution is 2.23. The van der Waals surface area contributed by atoms with Crippen molar-refractivity contribution in [3.05, 3.63) is 28.2 Å². The summed E-state index contributed by atoms with van der Waals surface area (Å²) in [6.07, 6.45) is 0.758. The molecule has 19 heavy (non-hydrogen) atoms. The van der Waals surface area contributed by atoms with Crippen molar-refractivity contribution in [1.29, 1.82) is 0 Å². The van der Waals surface area contributed by atoms with Gasteiger partial charge in [-0.05, 0) is 30.2 Å². The molecule has 2 N–H and O–H groups in total. The van der Waals surface area contributed by atoms with Gasteiger partial charge in [-0.3, -0.25) is 10.1 Å². The highest BCUT2D eigenvalue weighted by atomic mass is 79.9. The zero-order valence-electron chi connectivity index (χ0n) is 10.7. The molecular weight excluding hydrogens is 328 g/mol. The van der Waals surface area contributed by atoms with Crippen LogP contribution >= 0.6 is 27.7 Å². The molecule has 1 aliphatic rings. The van der Waals surface area contributed by atoms with Crippen LogP contribution in [-0.2, 0) is 11.2 Å². The van der Waals surface area contributed by atoms with E-state index < -0.39 is 0 Å². The second-order valence-electron chi connectivity index (χ2n) is 4.27. The van der Waals surface area contributed by atoms with Gasteiger partial charge in [0.15, 0.2) is 0 Å². The highest BCUT2D eigenvalue weighted by molar-refractivity contribution is 9.10. The SMILES string of the molecule is COc1ccc(Br)cc1CCNC(=O)C1CSCN1. The number of ether oxygens (including phenoxy) is 1. The number of amides is 1. The normalized spacial score (nSPS) is 18.3. The largest absolute Gasteiger partial charge is 0.496 e. The lowest BCUT2D eigenvalue weighted by Crippen LogP contribution is -2.42. The van der Waals surface area contributed by atoms with Crippen LogP contribution in [0.2, 0.25) is 0 Å². The Balaban J connectivity index is 1.84. The van der Waals surface area contributed by atoms with Crippen molar-refractivity contribution in [3.8, 4) is 5.75 Å². The monoisotopic (exact) mass is 344 g/mol. The maximum atomic E-state index is 11.8. The molecular formula is C13H17BrN2O2S. The van der Waals surface area contributed by atoms with Gasteiger partial charge in [0.1, 0.15) is 5.75 Å². The number of carbonyl (C=O) groups is 1. The van der Waals surface area contributed by atoms with Crippen molar-refractivity contribution in [2.24, 2.45) is 0 Å². The van der Waals surface area contributed by atoms with Gasteiger partial charge in [0, 0.05) is 22.6 Å². The minimum absolute atomic E-state index is 0.0468. The van der Waals surface area contributed by atoms with Gasteiger partial charge >= 0.3 is 0 Å². The number of nitrogens with one attached hydrogen (secondary N) is 2. The molecule has 104 valence electrons. The third-order valence-electron chi connectivity index (χ3n) is 2.97. The van der Waals surface area contributed by atoms with Crippen molar-refractivity contribution in [3.63, 3.8) is 0 Å². The van der Waals surface area contributed by atoms with Crippen LogP contribution < -0.4 is 15.4 Å². The first-order valence-electron chi connectivity index (χ1n) is 6.12. The Bertz CT molecular complexity index is 450. The first-order chi connectivity index (χ1) is 9.20. The van der Waals surface area contributed by atoms with E-state index in [1.165, 1.54) is 0 Å². The fourth-order valence-electron chi connectivity index (χ4n) is 1.95. The Morgan fingerprint density at radius 2 is 2.47 bits per heavy atom. The number of methoxy groups -OCH3 is 1. The molecule has 1 atom stereocenters. The molecule has 4 nitrogen and oxygen atoms in total. The summed E-state index contributed by atoms with van der Waals surface area (Å²) in [7, 11) is 1.66. The van der Waals surface area contributed by atoms with E-state index >= 15 is 0 Å². The molecule has 1 heterocycles. The molecule has 2 rings (SSSR count). The van der Waals surface area contributed by atoms with Gasteiger partial charge in [-0.25, -0.2) is 0 Å². The van der Waals surface area contributed by atoms with Crippen LogP contribution in [0, 0.1) is 0 Å². The van der Waals surface area contributed by atoms with E-state index in [1.807, 2.05) is 18.2 Å². The third-order valence-corrected chi connectivity index (χ3v) is 4.40. The standard InChI is InChI=1S/C13H17BrN2O2S/c1-18-12-3-2-10(14)6-9(12)4-5-15-13(17)11-7-19-8-16-11/h2-3,6,11,16H,4-5,7-8H2,1H3,(H,15,17). The quantitative estimate of drug-likeness (QED) is 0.854. The predicted molar refractivity (Wildman–Crippen MR) is 81.7 cm³/mol. The summed E-state index contributed by atoms with van der Waals surface area (Å²) in [5.74, 6) is 2.65. The Hall–Kier alpha value is -0.720. The molecule has 0 bridgehead atoms. The second-order valence-corrected chi connectivity index (χ2v) is 6.21. The van der Waals surface area contributed by atoms with Gasteiger partial charge in [0.25, 0.3) is 0 Å². The van der Waals surface area contributed by atoms with Crippen molar-refractivity contribution in [2.75, 3.05) is 25.3 Å². The van der Waals surface area contributed by atoms with Crippen molar-refractivity contribution in [2.45, 2.75) is 12.5 Å². The zero-order valence-corrected chi connectivity index (χ0v) is 13.1. The van der Waals surface area contributed by atoms with Crippen LogP contribution in [0.4, 0.5) is 0 Å². The Morgan fingerprint density at radius 1 is 1.63 bits per heavy atom. The van der Waals surface area contributed by atoms with Crippen LogP contribution in [0.5, 0.6) is 5.75 Å². The molecule has 1 amide bonds. The third kappa shape index (κ3) is 4.12. The molecule has 0 radical (unpaired) electrons. The summed E-state index contributed by atoms with van der Waals surface area (Å²) < 4.78 is 6.33. The maximum Gasteiger partial charge on any atom is 0.238 e. The van der Waals surface area contributed by atoms with Gasteiger partial charge in [-0.15, -0.1) is 11.8 Å². The molecule has 1 aromatic carbocycles. The number of hydrogen-bond acceptors (Lipinski definition) is 4. The minimum atomic E-state index is -0.0468. The van der Waals surface area contributed by atoms with Gasteiger partial charge < -0.3 is 10.1 Å². The first-order valence-corrected chi connectivity index (χ1v) is 8.06. The summed E-state index contributed by atoms with van der Waals surface area (Å²) in [5, 5.41) is 6.11. The molecule has 1 saturated heterocycles. The maximum absolute atomic E-state index is 11.8. The Morgan fingerprint density at radius 3 is 3.16 bits per heavy atom. The lowest BCUT2D eigenvalue weighted by atomic mass is 10.1. The average molecular weight is 345 g/mol. The van der Waals surface area contributed by atoms with Gasteiger partial charge in [-0.1, -0.05) is 15.9 Å². The number of hydrogen-bond donors (Lipinski definition) is 2. The van der Waals surface area contributed by atoms with Gasteiger partial charge in [0.05, 0.1) is 13.2 Å². The molecule has 1 aromatic rings. The van der Waals surface area contributed by atoms with Crippen molar-refractivity contribution in [1.82, 2.24) is 10.6 Å². The number of rotatable bonds is 5. The summed E-state index contributed by atoms with van der Waals surface area (Å²) in [6.45, 7) is 0.620. The summed E-state index contributed by atoms with van der Waals surface area (Å²) in [6, 6.07) is 5.85. The van der Waals surface area contributed by atoms with Gasteiger partial charge in [0.2, 0.25) is 5.91 Å². The number of thioether (sulfide) groups is 1. The minimum Gasteiger partial charge on any atom is -0.496 e. The van der Waals surface area contributed by atoms with Crippen LogP contribution in [0.3, 0.4) is 0 Å². The lowest BCUT2D eigenvalue weighted by Gasteiger charge is -2.12. The van der Waals surface area contributed by atoms with E-state index in [9.17, 15) is 4.79 Å². The van der Waals surface area contributed by atoms with E-state index in [-0.39, 0.29) is 11.9 Å². The topological polar surface area (TPSA) is 50.4 Å². The lowest BCUT2D eigenvalue weighted by molar-refractivity contribution is -0.122. The van der Waals surface area contributed by atoms with E-state index in [0.717, 1.165) is 33.8 Å². The van der Waals surface area contributed by atoms with E-state index in [1.54, 1.807) is 18.9 Å². The molecule has 0 spiro atoms. The smallest absolute Gasteiger partial charge is 0.238 e. The first kappa shape index (κ1) is 14.7. The van der Waals surface area contributed by atoms with Crippen molar-refractivity contribution >= 4 is 33.6 Å². The molecule has 1 fully saturated rings. The zero-order chi connectivity index (χ0) is 13.7. The second kappa shape index (κ2) is 7.17. The molecule has 0 aliphatic carbocycles. The molecule has 1 aliphatic heterocycles. The van der Waals surface area contributed by atoms with Crippen LogP contribution in [0.25, 0.3) is 0 Å². The van der Waals surface area contributed by atoms with Crippen LogP contribution in [0.1, 0.15) is 5.56 Å². The Kier molecular flexibility index (Phi) is 5.54. The molecule has 1 unspecified atom stereocenters. The summed E-state index contributed by atoms with van der Waals surface area (Å²) in [4.78, 5) is 11.8. The van der Waals surface area contributed by atoms with E-state index in [4.69, 9.17) is 4.74 Å². The predicted octanol–water partition coefficient (Wildman–Crippen LogP) is 1.78. The fraction of sp³-hybridized carbons (Fsp3) is 0.462. The summed E-state index contributed by atoms with van der Waals surface area (Å²) in [5.41, 5.74) is 1.09. The number of carbonyl (C=O) groups excluding carboxylic acids is 1.